The number of aromatic nitrogens is 2. The van der Waals surface area contributed by atoms with E-state index in [-0.39, 0.29) is 6.04 Å². The Morgan fingerprint density at radius 1 is 1.12 bits per heavy atom. The highest BCUT2D eigenvalue weighted by Gasteiger charge is 2.07. The molecule has 5 heteroatoms. The van der Waals surface area contributed by atoms with Gasteiger partial charge >= 0.3 is 0 Å². The Hall–Kier alpha value is -1.32. The van der Waals surface area contributed by atoms with E-state index in [4.69, 9.17) is 23.2 Å². The monoisotopic (exact) mass is 267 g/mol. The van der Waals surface area contributed by atoms with Gasteiger partial charge in [-0.15, -0.1) is 0 Å². The van der Waals surface area contributed by atoms with E-state index >= 15 is 0 Å². The van der Waals surface area contributed by atoms with E-state index in [2.05, 4.69) is 15.3 Å². The molecule has 1 unspecified atom stereocenters. The molecule has 0 fully saturated rings. The van der Waals surface area contributed by atoms with Crippen molar-refractivity contribution in [2.24, 2.45) is 0 Å². The second kappa shape index (κ2) is 5.34. The van der Waals surface area contributed by atoms with Crippen molar-refractivity contribution in [1.29, 1.82) is 0 Å². The lowest BCUT2D eigenvalue weighted by Gasteiger charge is -2.14. The van der Waals surface area contributed by atoms with Crippen molar-refractivity contribution < 1.29 is 0 Å². The summed E-state index contributed by atoms with van der Waals surface area (Å²) >= 11 is 11.9. The van der Waals surface area contributed by atoms with Crippen LogP contribution in [-0.4, -0.2) is 9.97 Å². The van der Waals surface area contributed by atoms with Crippen molar-refractivity contribution in [1.82, 2.24) is 9.97 Å². The number of hydrogen-bond acceptors (Lipinski definition) is 3. The van der Waals surface area contributed by atoms with E-state index in [1.807, 2.05) is 19.1 Å². The summed E-state index contributed by atoms with van der Waals surface area (Å²) < 4.78 is 0. The van der Waals surface area contributed by atoms with Crippen molar-refractivity contribution >= 4 is 28.9 Å². The molecule has 1 aromatic carbocycles. The molecule has 2 rings (SSSR count). The first-order valence-electron chi connectivity index (χ1n) is 5.13. The molecule has 0 bridgehead atoms. The largest absolute Gasteiger partial charge is 0.377 e. The molecule has 1 N–H and O–H groups in total. The van der Waals surface area contributed by atoms with Gasteiger partial charge in [0.1, 0.15) is 0 Å². The first-order valence-corrected chi connectivity index (χ1v) is 5.89. The molecule has 1 atom stereocenters. The number of benzene rings is 1. The van der Waals surface area contributed by atoms with Crippen LogP contribution in [0.5, 0.6) is 0 Å². The normalized spacial score (nSPS) is 12.2. The molecule has 3 nitrogen and oxygen atoms in total. The molecule has 1 heterocycles. The lowest BCUT2D eigenvalue weighted by molar-refractivity contribution is 0.827. The van der Waals surface area contributed by atoms with E-state index < -0.39 is 0 Å². The highest BCUT2D eigenvalue weighted by molar-refractivity contribution is 6.35. The topological polar surface area (TPSA) is 37.8 Å². The first-order chi connectivity index (χ1) is 8.15. The Kier molecular flexibility index (Phi) is 3.82. The average Bonchev–Trinajstić information content (AvgIpc) is 2.28. The van der Waals surface area contributed by atoms with Crippen molar-refractivity contribution in [2.75, 3.05) is 5.32 Å². The van der Waals surface area contributed by atoms with Gasteiger partial charge in [0.05, 0.1) is 17.9 Å². The van der Waals surface area contributed by atoms with Crippen LogP contribution >= 0.6 is 23.2 Å². The van der Waals surface area contributed by atoms with Gasteiger partial charge in [-0.05, 0) is 25.1 Å². The van der Waals surface area contributed by atoms with Gasteiger partial charge < -0.3 is 5.32 Å². The van der Waals surface area contributed by atoms with Gasteiger partial charge in [0.15, 0.2) is 0 Å². The van der Waals surface area contributed by atoms with Gasteiger partial charge in [-0.3, -0.25) is 9.97 Å². The highest BCUT2D eigenvalue weighted by Crippen LogP contribution is 2.25. The Morgan fingerprint density at radius 2 is 1.82 bits per heavy atom. The minimum Gasteiger partial charge on any atom is -0.377 e. The third kappa shape index (κ3) is 3.32. The van der Waals surface area contributed by atoms with Crippen molar-refractivity contribution in [3.63, 3.8) is 0 Å². The predicted molar refractivity (Wildman–Crippen MR) is 70.5 cm³/mol. The number of anilines is 1. The summed E-state index contributed by atoms with van der Waals surface area (Å²) in [5.74, 6) is 0. The fraction of sp³-hybridized carbons (Fsp3) is 0.167. The van der Waals surface area contributed by atoms with E-state index in [9.17, 15) is 0 Å². The number of nitrogens with one attached hydrogen (secondary N) is 1. The first kappa shape index (κ1) is 12.1. The molecule has 88 valence electrons. The van der Waals surface area contributed by atoms with Gasteiger partial charge in [-0.25, -0.2) is 0 Å². The van der Waals surface area contributed by atoms with Crippen LogP contribution in [0.4, 0.5) is 5.69 Å². The van der Waals surface area contributed by atoms with Crippen molar-refractivity contribution in [3.8, 4) is 0 Å². The third-order valence-electron chi connectivity index (χ3n) is 2.27. The summed E-state index contributed by atoms with van der Waals surface area (Å²) in [7, 11) is 0. The standard InChI is InChI=1S/C12H11Cl2N3/c1-8(12-7-15-2-3-16-12)17-11-5-9(13)4-10(14)6-11/h2-8,17H,1H3. The van der Waals surface area contributed by atoms with E-state index in [1.54, 1.807) is 24.7 Å². The number of rotatable bonds is 3. The lowest BCUT2D eigenvalue weighted by Crippen LogP contribution is -2.08. The number of hydrogen-bond donors (Lipinski definition) is 1. The molecule has 1 aromatic heterocycles. The number of halogens is 2. The van der Waals surface area contributed by atoms with Crippen LogP contribution in [-0.2, 0) is 0 Å². The SMILES string of the molecule is CC(Nc1cc(Cl)cc(Cl)c1)c1cnccn1. The molecule has 0 radical (unpaired) electrons. The molecular formula is C12H11Cl2N3. The maximum Gasteiger partial charge on any atom is 0.0806 e. The van der Waals surface area contributed by atoms with Crippen LogP contribution < -0.4 is 5.32 Å². The molecule has 0 spiro atoms. The molecule has 2 aromatic rings. The molecule has 17 heavy (non-hydrogen) atoms. The second-order valence-electron chi connectivity index (χ2n) is 3.65. The summed E-state index contributed by atoms with van der Waals surface area (Å²) in [6.07, 6.45) is 5.04. The smallest absolute Gasteiger partial charge is 0.0806 e. The fourth-order valence-corrected chi connectivity index (χ4v) is 2.02. The van der Waals surface area contributed by atoms with Crippen LogP contribution in [0, 0.1) is 0 Å². The second-order valence-corrected chi connectivity index (χ2v) is 4.53. The van der Waals surface area contributed by atoms with E-state index in [0.717, 1.165) is 11.4 Å². The summed E-state index contributed by atoms with van der Waals surface area (Å²) in [6, 6.07) is 5.38. The number of nitrogens with zero attached hydrogens (tertiary/aromatic N) is 2. The zero-order valence-corrected chi connectivity index (χ0v) is 10.7. The lowest BCUT2D eigenvalue weighted by atomic mass is 10.2. The molecule has 0 aliphatic carbocycles. The Bertz CT molecular complexity index is 482. The zero-order chi connectivity index (χ0) is 12.3. The van der Waals surface area contributed by atoms with Crippen LogP contribution in [0.1, 0.15) is 18.7 Å². The summed E-state index contributed by atoms with van der Waals surface area (Å²) in [5.41, 5.74) is 1.73. The van der Waals surface area contributed by atoms with Crippen molar-refractivity contribution in [2.45, 2.75) is 13.0 Å². The van der Waals surface area contributed by atoms with E-state index in [0.29, 0.717) is 10.0 Å². The van der Waals surface area contributed by atoms with Gasteiger partial charge in [0.2, 0.25) is 0 Å². The molecule has 0 saturated heterocycles. The zero-order valence-electron chi connectivity index (χ0n) is 9.19. The molecular weight excluding hydrogens is 257 g/mol. The van der Waals surface area contributed by atoms with E-state index in [1.165, 1.54) is 0 Å². The molecule has 0 aliphatic heterocycles. The van der Waals surface area contributed by atoms with Gasteiger partial charge in [0.25, 0.3) is 0 Å². The Labute approximate surface area is 110 Å². The predicted octanol–water partition coefficient (Wildman–Crippen LogP) is 3.96. The molecule has 0 aliphatic rings. The maximum atomic E-state index is 5.93. The summed E-state index contributed by atoms with van der Waals surface area (Å²) in [6.45, 7) is 2.00. The fourth-order valence-electron chi connectivity index (χ4n) is 1.50. The molecule has 0 saturated carbocycles. The maximum absolute atomic E-state index is 5.93. The quantitative estimate of drug-likeness (QED) is 0.915. The van der Waals surface area contributed by atoms with Crippen LogP contribution in [0.25, 0.3) is 0 Å². The Morgan fingerprint density at radius 3 is 2.41 bits per heavy atom. The average molecular weight is 268 g/mol. The molecule has 0 amide bonds. The third-order valence-corrected chi connectivity index (χ3v) is 2.71. The minimum atomic E-state index is 0.0400. The van der Waals surface area contributed by atoms with Gasteiger partial charge in [0, 0.05) is 28.1 Å². The highest BCUT2D eigenvalue weighted by atomic mass is 35.5. The summed E-state index contributed by atoms with van der Waals surface area (Å²) in [5, 5.41) is 4.47. The van der Waals surface area contributed by atoms with Gasteiger partial charge in [-0.1, -0.05) is 23.2 Å². The van der Waals surface area contributed by atoms with Crippen molar-refractivity contribution in [3.05, 3.63) is 52.5 Å². The minimum absolute atomic E-state index is 0.0400. The Balaban J connectivity index is 2.16. The van der Waals surface area contributed by atoms with Gasteiger partial charge in [-0.2, -0.15) is 0 Å². The summed E-state index contributed by atoms with van der Waals surface area (Å²) in [4.78, 5) is 8.26. The van der Waals surface area contributed by atoms with Crippen LogP contribution in [0.15, 0.2) is 36.8 Å². The van der Waals surface area contributed by atoms with Crippen LogP contribution in [0.3, 0.4) is 0 Å². The van der Waals surface area contributed by atoms with Crippen LogP contribution in [0.2, 0.25) is 10.0 Å².